The minimum absolute atomic E-state index is 0.139. The van der Waals surface area contributed by atoms with Gasteiger partial charge in [-0.2, -0.15) is 0 Å². The van der Waals surface area contributed by atoms with Gasteiger partial charge in [-0.05, 0) is 51.1 Å². The third kappa shape index (κ3) is 2.22. The van der Waals surface area contributed by atoms with E-state index in [4.69, 9.17) is 9.97 Å². The van der Waals surface area contributed by atoms with Crippen molar-refractivity contribution < 1.29 is 0 Å². The SMILES string of the molecule is C=C/C=c1\c(=C/C)nc2c3ccc4c(=O)n5c(=C/C)/c(=C\C)nc5c5ccc(c(=O)n12)c3c45. The number of benzene rings is 2. The zero-order valence-corrected chi connectivity index (χ0v) is 18.5. The molecule has 2 aromatic carbocycles. The van der Waals surface area contributed by atoms with E-state index in [2.05, 4.69) is 6.58 Å². The number of hydrogen-bond donors (Lipinski definition) is 0. The number of nitrogens with zero attached hydrogens (tertiary/aromatic N) is 4. The standard InChI is InChI=1S/C27H20N4O2/c1-5-9-21-19(7-3)29-25-15-11-12-16-22-14(10-13-17(23(15)22)27(33)31(21)25)24-28-18(6-2)20(8-4)30(24)26(16)32/h5-13H,1H2,2-4H3/b18-6+,19-7+,20-8+,21-9+. The number of imidazole rings is 2. The molecule has 6 aromatic rings. The van der Waals surface area contributed by atoms with Gasteiger partial charge in [0.05, 0.1) is 21.4 Å². The van der Waals surface area contributed by atoms with Gasteiger partial charge in [-0.1, -0.05) is 30.9 Å². The molecule has 6 heteroatoms. The third-order valence-corrected chi connectivity index (χ3v) is 6.49. The molecule has 0 bridgehead atoms. The van der Waals surface area contributed by atoms with Crippen LogP contribution >= 0.6 is 0 Å². The zero-order valence-electron chi connectivity index (χ0n) is 18.5. The quantitative estimate of drug-likeness (QED) is 0.369. The third-order valence-electron chi connectivity index (χ3n) is 6.49. The maximum atomic E-state index is 13.7. The van der Waals surface area contributed by atoms with Gasteiger partial charge in [-0.25, -0.2) is 9.97 Å². The number of allylic oxidation sites excluding steroid dienone is 1. The first-order valence-electron chi connectivity index (χ1n) is 10.8. The molecule has 0 aliphatic rings. The number of fused-ring (bicyclic) bond motifs is 4. The molecule has 6 rings (SSSR count). The van der Waals surface area contributed by atoms with E-state index in [-0.39, 0.29) is 11.1 Å². The molecule has 4 aromatic heterocycles. The smallest absolute Gasteiger partial charge is 0.264 e. The maximum Gasteiger partial charge on any atom is 0.264 e. The van der Waals surface area contributed by atoms with Crippen LogP contribution in [0.5, 0.6) is 0 Å². The molecule has 6 nitrogen and oxygen atoms in total. The summed E-state index contributed by atoms with van der Waals surface area (Å²) in [5.41, 5.74) is 0.867. The normalized spacial score (nSPS) is 15.0. The second-order valence-electron chi connectivity index (χ2n) is 8.03. The molecule has 0 saturated heterocycles. The lowest BCUT2D eigenvalue weighted by Gasteiger charge is -2.11. The van der Waals surface area contributed by atoms with Crippen LogP contribution in [-0.4, -0.2) is 18.8 Å². The monoisotopic (exact) mass is 432 g/mol. The van der Waals surface area contributed by atoms with E-state index in [1.807, 2.05) is 63.3 Å². The first-order valence-corrected chi connectivity index (χ1v) is 10.8. The van der Waals surface area contributed by atoms with Gasteiger partial charge in [0.1, 0.15) is 11.3 Å². The van der Waals surface area contributed by atoms with E-state index >= 15 is 0 Å². The number of pyridine rings is 2. The molecule has 0 spiro atoms. The highest BCUT2D eigenvalue weighted by molar-refractivity contribution is 6.27. The fraction of sp³-hybridized carbons (Fsp3) is 0.111. The molecule has 0 N–H and O–H groups in total. The molecule has 0 radical (unpaired) electrons. The van der Waals surface area contributed by atoms with Gasteiger partial charge in [0, 0.05) is 32.3 Å². The Morgan fingerprint density at radius 1 is 0.697 bits per heavy atom. The first kappa shape index (κ1) is 19.4. The van der Waals surface area contributed by atoms with Gasteiger partial charge in [0.15, 0.2) is 0 Å². The molecule has 0 aliphatic carbocycles. The number of hydrogen-bond acceptors (Lipinski definition) is 4. The lowest BCUT2D eigenvalue weighted by atomic mass is 9.96. The minimum Gasteiger partial charge on any atom is -0.268 e. The maximum absolute atomic E-state index is 13.7. The van der Waals surface area contributed by atoms with Crippen LogP contribution in [0.3, 0.4) is 0 Å². The number of aromatic nitrogens is 4. The van der Waals surface area contributed by atoms with Crippen molar-refractivity contribution in [3.8, 4) is 0 Å². The molecular weight excluding hydrogens is 412 g/mol. The van der Waals surface area contributed by atoms with Crippen LogP contribution in [0.25, 0.3) is 67.9 Å². The lowest BCUT2D eigenvalue weighted by Crippen LogP contribution is -2.33. The van der Waals surface area contributed by atoms with Gasteiger partial charge in [0.25, 0.3) is 11.1 Å². The average Bonchev–Trinajstić information content (AvgIpc) is 3.40. The van der Waals surface area contributed by atoms with Crippen LogP contribution in [-0.2, 0) is 0 Å². The highest BCUT2D eigenvalue weighted by Crippen LogP contribution is 2.33. The molecule has 0 unspecified atom stereocenters. The Morgan fingerprint density at radius 3 is 1.61 bits per heavy atom. The van der Waals surface area contributed by atoms with Crippen LogP contribution < -0.4 is 32.5 Å². The van der Waals surface area contributed by atoms with E-state index in [9.17, 15) is 9.59 Å². The molecular formula is C27H20N4O2. The minimum atomic E-state index is -0.165. The van der Waals surface area contributed by atoms with Crippen molar-refractivity contribution in [3.63, 3.8) is 0 Å². The Labute approximate surface area is 186 Å². The summed E-state index contributed by atoms with van der Waals surface area (Å²) in [5.74, 6) is 0. The summed E-state index contributed by atoms with van der Waals surface area (Å²) in [7, 11) is 0. The van der Waals surface area contributed by atoms with Gasteiger partial charge in [-0.15, -0.1) is 0 Å². The Hall–Kier alpha value is -4.32. The van der Waals surface area contributed by atoms with Gasteiger partial charge in [-0.3, -0.25) is 18.4 Å². The predicted molar refractivity (Wildman–Crippen MR) is 135 cm³/mol. The van der Waals surface area contributed by atoms with Crippen molar-refractivity contribution in [3.05, 3.63) is 79.0 Å². The lowest BCUT2D eigenvalue weighted by molar-refractivity contribution is 1.09. The summed E-state index contributed by atoms with van der Waals surface area (Å²) in [6, 6.07) is 7.47. The largest absolute Gasteiger partial charge is 0.268 e. The Bertz CT molecular complexity index is 2170. The molecule has 0 atom stereocenters. The molecule has 0 aliphatic heterocycles. The summed E-state index contributed by atoms with van der Waals surface area (Å²) < 4.78 is 3.30. The second kappa shape index (κ2) is 6.59. The zero-order chi connectivity index (χ0) is 23.0. The molecule has 0 fully saturated rings. The summed E-state index contributed by atoms with van der Waals surface area (Å²) in [4.78, 5) is 36.8. The summed E-state index contributed by atoms with van der Waals surface area (Å²) in [6.45, 7) is 9.49. The first-order chi connectivity index (χ1) is 16.0. The van der Waals surface area contributed by atoms with Crippen molar-refractivity contribution in [1.29, 1.82) is 0 Å². The van der Waals surface area contributed by atoms with Crippen molar-refractivity contribution in [2.45, 2.75) is 20.8 Å². The van der Waals surface area contributed by atoms with Crippen molar-refractivity contribution in [1.82, 2.24) is 18.8 Å². The molecule has 4 heterocycles. The van der Waals surface area contributed by atoms with E-state index in [1.165, 1.54) is 0 Å². The van der Waals surface area contributed by atoms with Crippen LogP contribution in [0.1, 0.15) is 20.8 Å². The summed E-state index contributed by atoms with van der Waals surface area (Å²) in [5, 5.41) is 7.25. The van der Waals surface area contributed by atoms with Crippen LogP contribution in [0, 0.1) is 0 Å². The molecule has 0 saturated carbocycles. The highest BCUT2D eigenvalue weighted by atomic mass is 16.1. The fourth-order valence-corrected chi connectivity index (χ4v) is 5.11. The average molecular weight is 432 g/mol. The fourth-order valence-electron chi connectivity index (χ4n) is 5.11. The van der Waals surface area contributed by atoms with E-state index < -0.39 is 0 Å². The van der Waals surface area contributed by atoms with Crippen LogP contribution in [0.15, 0.2) is 46.5 Å². The van der Waals surface area contributed by atoms with Crippen LogP contribution in [0.4, 0.5) is 0 Å². The Balaban J connectivity index is 2.02. The Kier molecular flexibility index (Phi) is 3.87. The van der Waals surface area contributed by atoms with Gasteiger partial charge >= 0.3 is 0 Å². The molecule has 0 amide bonds. The van der Waals surface area contributed by atoms with Gasteiger partial charge < -0.3 is 0 Å². The second-order valence-corrected chi connectivity index (χ2v) is 8.03. The van der Waals surface area contributed by atoms with Gasteiger partial charge in [0.2, 0.25) is 0 Å². The summed E-state index contributed by atoms with van der Waals surface area (Å²) >= 11 is 0. The Morgan fingerprint density at radius 2 is 1.15 bits per heavy atom. The van der Waals surface area contributed by atoms with E-state index in [0.717, 1.165) is 32.2 Å². The topological polar surface area (TPSA) is 68.7 Å². The van der Waals surface area contributed by atoms with Crippen LogP contribution in [0.2, 0.25) is 0 Å². The molecule has 33 heavy (non-hydrogen) atoms. The van der Waals surface area contributed by atoms with E-state index in [0.29, 0.717) is 32.8 Å². The van der Waals surface area contributed by atoms with Crippen molar-refractivity contribution >= 4 is 67.9 Å². The summed E-state index contributed by atoms with van der Waals surface area (Å²) in [6.07, 6.45) is 9.13. The van der Waals surface area contributed by atoms with Crippen molar-refractivity contribution in [2.75, 3.05) is 0 Å². The molecule has 160 valence electrons. The van der Waals surface area contributed by atoms with E-state index in [1.54, 1.807) is 21.0 Å². The number of rotatable bonds is 1. The predicted octanol–water partition coefficient (Wildman–Crippen LogP) is 1.41. The van der Waals surface area contributed by atoms with Crippen molar-refractivity contribution in [2.24, 2.45) is 0 Å². The highest BCUT2D eigenvalue weighted by Gasteiger charge is 2.21.